The number of aryl methyl sites for hydroxylation is 1. The van der Waals surface area contributed by atoms with Crippen LogP contribution >= 0.6 is 23.1 Å². The summed E-state index contributed by atoms with van der Waals surface area (Å²) in [6.45, 7) is 2.29. The molecule has 0 aliphatic carbocycles. The van der Waals surface area contributed by atoms with Crippen molar-refractivity contribution < 1.29 is 32.2 Å². The molecule has 42 heavy (non-hydrogen) atoms. The van der Waals surface area contributed by atoms with Gasteiger partial charge in [0.05, 0.1) is 29.3 Å². The van der Waals surface area contributed by atoms with Crippen molar-refractivity contribution in [3.8, 4) is 11.5 Å². The van der Waals surface area contributed by atoms with Gasteiger partial charge in [-0.25, -0.2) is 4.90 Å². The van der Waals surface area contributed by atoms with Crippen molar-refractivity contribution in [3.05, 3.63) is 104 Å². The first-order valence-corrected chi connectivity index (χ1v) is 14.6. The Kier molecular flexibility index (Phi) is 7.14. The van der Waals surface area contributed by atoms with Gasteiger partial charge in [-0.2, -0.15) is 13.2 Å². The fraction of sp³-hybridized carbons (Fsp3) is 0.233. The molecular formula is C30H23F3N2O5S2. The largest absolute Gasteiger partial charge is 0.493 e. The van der Waals surface area contributed by atoms with Gasteiger partial charge in [-0.1, -0.05) is 65.1 Å². The molecule has 0 unspecified atom stereocenters. The maximum atomic E-state index is 13.9. The van der Waals surface area contributed by atoms with Crippen LogP contribution in [0.4, 0.5) is 18.9 Å². The SMILES string of the molecule is COc1cc([C@@H]2c3sc(=O)[nH]c3S[C@H]3C(=O)N(c4cccc(C(F)(F)F)c4)C(=O)[C@@H]23)ccc1OCc1ccc(C)cc1. The minimum Gasteiger partial charge on any atom is -0.493 e. The third-order valence-corrected chi connectivity index (χ3v) is 9.72. The molecule has 1 aromatic heterocycles. The van der Waals surface area contributed by atoms with E-state index in [4.69, 9.17) is 9.47 Å². The number of methoxy groups -OCH3 is 1. The van der Waals surface area contributed by atoms with Crippen molar-refractivity contribution in [2.75, 3.05) is 12.0 Å². The topological polar surface area (TPSA) is 88.7 Å². The van der Waals surface area contributed by atoms with Crippen molar-refractivity contribution in [2.24, 2.45) is 5.92 Å². The van der Waals surface area contributed by atoms with Crippen LogP contribution < -0.4 is 19.2 Å². The molecule has 2 amide bonds. The number of alkyl halides is 3. The molecule has 3 heterocycles. The molecule has 2 aliphatic rings. The average Bonchev–Trinajstić information content (AvgIpc) is 3.46. The monoisotopic (exact) mass is 612 g/mol. The smallest absolute Gasteiger partial charge is 0.416 e. The van der Waals surface area contributed by atoms with E-state index in [0.717, 1.165) is 51.3 Å². The van der Waals surface area contributed by atoms with Crippen LogP contribution in [0.1, 0.15) is 33.0 Å². The number of anilines is 1. The lowest BCUT2D eigenvalue weighted by Gasteiger charge is -2.30. The summed E-state index contributed by atoms with van der Waals surface area (Å²) in [4.78, 5) is 43.7. The number of fused-ring (bicyclic) bond motifs is 2. The minimum atomic E-state index is -4.64. The Bertz CT molecular complexity index is 1750. The summed E-state index contributed by atoms with van der Waals surface area (Å²) in [7, 11) is 1.48. The van der Waals surface area contributed by atoms with E-state index in [0.29, 0.717) is 33.6 Å². The maximum absolute atomic E-state index is 13.9. The van der Waals surface area contributed by atoms with E-state index in [1.807, 2.05) is 31.2 Å². The first-order valence-electron chi connectivity index (χ1n) is 12.9. The number of nitrogens with zero attached hydrogens (tertiary/aromatic N) is 1. The highest BCUT2D eigenvalue weighted by atomic mass is 32.2. The minimum absolute atomic E-state index is 0.150. The highest BCUT2D eigenvalue weighted by Crippen LogP contribution is 2.54. The lowest BCUT2D eigenvalue weighted by atomic mass is 9.83. The summed E-state index contributed by atoms with van der Waals surface area (Å²) in [5.41, 5.74) is 1.58. The van der Waals surface area contributed by atoms with Crippen LogP contribution in [0.2, 0.25) is 0 Å². The number of halogens is 3. The first-order chi connectivity index (χ1) is 20.0. The Balaban J connectivity index is 1.37. The van der Waals surface area contributed by atoms with Crippen LogP contribution in [0.15, 0.2) is 76.6 Å². The fourth-order valence-electron chi connectivity index (χ4n) is 5.29. The van der Waals surface area contributed by atoms with E-state index < -0.39 is 40.6 Å². The van der Waals surface area contributed by atoms with Crippen molar-refractivity contribution >= 4 is 40.6 Å². The van der Waals surface area contributed by atoms with E-state index in [1.54, 1.807) is 18.2 Å². The average molecular weight is 613 g/mol. The van der Waals surface area contributed by atoms with E-state index in [-0.39, 0.29) is 10.6 Å². The summed E-state index contributed by atoms with van der Waals surface area (Å²) >= 11 is 1.99. The van der Waals surface area contributed by atoms with Gasteiger partial charge in [0.15, 0.2) is 11.5 Å². The number of aromatic nitrogens is 1. The van der Waals surface area contributed by atoms with Crippen LogP contribution in [0.3, 0.4) is 0 Å². The third kappa shape index (κ3) is 4.98. The summed E-state index contributed by atoms with van der Waals surface area (Å²) in [5.74, 6) is -2.09. The van der Waals surface area contributed by atoms with Gasteiger partial charge in [-0.05, 0) is 48.4 Å². The lowest BCUT2D eigenvalue weighted by molar-refractivity contribution is -0.137. The zero-order valence-electron chi connectivity index (χ0n) is 22.2. The maximum Gasteiger partial charge on any atom is 0.416 e. The molecule has 1 saturated heterocycles. The molecule has 4 aromatic rings. The number of imide groups is 1. The number of ether oxygens (including phenoxy) is 2. The van der Waals surface area contributed by atoms with Gasteiger partial charge in [0.25, 0.3) is 0 Å². The van der Waals surface area contributed by atoms with E-state index in [1.165, 1.54) is 19.2 Å². The number of nitrogens with one attached hydrogen (secondary N) is 1. The van der Waals surface area contributed by atoms with Crippen molar-refractivity contribution in [2.45, 2.75) is 35.9 Å². The van der Waals surface area contributed by atoms with Crippen LogP contribution in [-0.2, 0) is 22.4 Å². The molecule has 0 radical (unpaired) electrons. The van der Waals surface area contributed by atoms with Crippen LogP contribution in [-0.4, -0.2) is 29.2 Å². The Labute approximate surface area is 246 Å². The molecule has 2 aliphatic heterocycles. The Morgan fingerprint density at radius 2 is 1.71 bits per heavy atom. The second-order valence-electron chi connectivity index (χ2n) is 9.99. The van der Waals surface area contributed by atoms with Crippen LogP contribution in [0, 0.1) is 12.8 Å². The molecule has 3 atom stereocenters. The number of carbonyl (C=O) groups is 2. The number of benzene rings is 3. The van der Waals surface area contributed by atoms with Gasteiger partial charge in [-0.15, -0.1) is 0 Å². The van der Waals surface area contributed by atoms with Crippen molar-refractivity contribution in [1.29, 1.82) is 0 Å². The van der Waals surface area contributed by atoms with Crippen LogP contribution in [0.5, 0.6) is 11.5 Å². The summed E-state index contributed by atoms with van der Waals surface area (Å²) in [6, 6.07) is 17.2. The summed E-state index contributed by atoms with van der Waals surface area (Å²) in [6.07, 6.45) is -4.64. The second kappa shape index (κ2) is 10.7. The zero-order chi connectivity index (χ0) is 29.8. The molecular weight excluding hydrogens is 589 g/mol. The van der Waals surface area contributed by atoms with E-state index in [2.05, 4.69) is 4.98 Å². The zero-order valence-corrected chi connectivity index (χ0v) is 23.9. The number of hydrogen-bond acceptors (Lipinski definition) is 7. The molecule has 0 spiro atoms. The summed E-state index contributed by atoms with van der Waals surface area (Å²) in [5, 5.41) is -0.486. The van der Waals surface area contributed by atoms with E-state index in [9.17, 15) is 27.6 Å². The summed E-state index contributed by atoms with van der Waals surface area (Å²) < 4.78 is 51.9. The molecule has 0 saturated carbocycles. The Morgan fingerprint density at radius 1 is 0.952 bits per heavy atom. The highest BCUT2D eigenvalue weighted by Gasteiger charge is 2.56. The molecule has 3 aromatic carbocycles. The number of hydrogen-bond donors (Lipinski definition) is 1. The molecule has 1 fully saturated rings. The van der Waals surface area contributed by atoms with Gasteiger partial charge < -0.3 is 14.5 Å². The lowest BCUT2D eigenvalue weighted by Crippen LogP contribution is -2.32. The number of carbonyl (C=O) groups excluding carboxylic acids is 2. The number of thioether (sulfide) groups is 1. The molecule has 0 bridgehead atoms. The third-order valence-electron chi connectivity index (χ3n) is 7.32. The molecule has 7 nitrogen and oxygen atoms in total. The number of amides is 2. The second-order valence-corrected chi connectivity index (χ2v) is 12.2. The highest BCUT2D eigenvalue weighted by molar-refractivity contribution is 8.00. The first kappa shape index (κ1) is 28.1. The number of rotatable bonds is 6. The molecule has 6 rings (SSSR count). The van der Waals surface area contributed by atoms with Crippen molar-refractivity contribution in [3.63, 3.8) is 0 Å². The Morgan fingerprint density at radius 3 is 2.43 bits per heavy atom. The normalized spacial score (nSPS) is 19.9. The van der Waals surface area contributed by atoms with Gasteiger partial charge in [-0.3, -0.25) is 14.4 Å². The fourth-order valence-corrected chi connectivity index (χ4v) is 7.81. The van der Waals surface area contributed by atoms with Gasteiger partial charge >= 0.3 is 11.0 Å². The number of aromatic amines is 1. The standard InChI is InChI=1S/C30H23F3N2O5S2/c1-15-6-8-16(9-7-15)14-40-20-11-10-17(12-21(20)39-2)22-23-25(41-26-24(22)42-29(38)34-26)28(37)35(27(23)36)19-5-3-4-18(13-19)30(31,32)33/h3-13,22-23,25H,14H2,1-2H3,(H,34,38)/t22-,23-,25+/m0/s1. The van der Waals surface area contributed by atoms with Gasteiger partial charge in [0.1, 0.15) is 11.9 Å². The predicted molar refractivity (Wildman–Crippen MR) is 152 cm³/mol. The van der Waals surface area contributed by atoms with E-state index >= 15 is 0 Å². The number of thiazole rings is 1. The predicted octanol–water partition coefficient (Wildman–Crippen LogP) is 6.15. The quantitative estimate of drug-likeness (QED) is 0.263. The molecule has 1 N–H and O–H groups in total. The van der Waals surface area contributed by atoms with Crippen LogP contribution in [0.25, 0.3) is 0 Å². The van der Waals surface area contributed by atoms with Gasteiger partial charge in [0.2, 0.25) is 11.8 Å². The molecule has 12 heteroatoms. The Hall–Kier alpha value is -4.03. The van der Waals surface area contributed by atoms with Gasteiger partial charge in [0, 0.05) is 10.8 Å². The number of H-pyrrole nitrogens is 1. The van der Waals surface area contributed by atoms with Crippen molar-refractivity contribution in [1.82, 2.24) is 4.98 Å². The molecule has 216 valence electrons.